The van der Waals surface area contributed by atoms with E-state index in [9.17, 15) is 8.42 Å². The fourth-order valence-corrected chi connectivity index (χ4v) is 6.32. The molecule has 112 valence electrons. The first-order valence-electron chi connectivity index (χ1n) is 6.46. The molecule has 3 N–H and O–H groups in total. The van der Waals surface area contributed by atoms with E-state index in [-0.39, 0.29) is 4.90 Å². The molecule has 1 heterocycles. The van der Waals surface area contributed by atoms with Crippen molar-refractivity contribution in [1.82, 2.24) is 4.72 Å². The summed E-state index contributed by atoms with van der Waals surface area (Å²) < 4.78 is 27.6. The van der Waals surface area contributed by atoms with Gasteiger partial charge in [0.15, 0.2) is 0 Å². The summed E-state index contributed by atoms with van der Waals surface area (Å²) in [6.45, 7) is 4.15. The van der Waals surface area contributed by atoms with Gasteiger partial charge in [0.1, 0.15) is 4.90 Å². The smallest absolute Gasteiger partial charge is 0.242 e. The van der Waals surface area contributed by atoms with Crippen LogP contribution in [-0.4, -0.2) is 37.5 Å². The van der Waals surface area contributed by atoms with Gasteiger partial charge in [-0.25, -0.2) is 13.1 Å². The number of benzene rings is 1. The Morgan fingerprint density at radius 1 is 1.35 bits per heavy atom. The van der Waals surface area contributed by atoms with Crippen molar-refractivity contribution in [3.8, 4) is 0 Å². The zero-order valence-corrected chi connectivity index (χ0v) is 14.1. The van der Waals surface area contributed by atoms with E-state index in [1.165, 1.54) is 0 Å². The molecule has 1 saturated heterocycles. The number of sulfonamides is 1. The molecule has 7 heteroatoms. The van der Waals surface area contributed by atoms with Gasteiger partial charge >= 0.3 is 0 Å². The maximum atomic E-state index is 12.5. The van der Waals surface area contributed by atoms with Gasteiger partial charge in [-0.05, 0) is 31.0 Å². The van der Waals surface area contributed by atoms with Gasteiger partial charge in [-0.1, -0.05) is 6.07 Å². The number of thioether (sulfide) groups is 2. The predicted molar refractivity (Wildman–Crippen MR) is 89.1 cm³/mol. The molecule has 0 aromatic heterocycles. The van der Waals surface area contributed by atoms with Gasteiger partial charge < -0.3 is 5.73 Å². The van der Waals surface area contributed by atoms with Crippen molar-refractivity contribution in [2.45, 2.75) is 24.0 Å². The lowest BCUT2D eigenvalue weighted by atomic mass is 10.1. The molecule has 1 fully saturated rings. The lowest BCUT2D eigenvalue weighted by molar-refractivity contribution is 0.581. The second-order valence-corrected chi connectivity index (χ2v) is 9.11. The molecule has 0 aliphatic carbocycles. The van der Waals surface area contributed by atoms with Crippen LogP contribution in [0.25, 0.3) is 0 Å². The number of nitrogen functional groups attached to an aromatic ring is 1. The molecule has 1 aromatic carbocycles. The molecule has 0 amide bonds. The molecule has 0 radical (unpaired) electrons. The summed E-state index contributed by atoms with van der Waals surface area (Å²) in [5, 5.41) is 0.342. The Balaban J connectivity index is 2.16. The first-order chi connectivity index (χ1) is 9.42. The molecule has 1 aromatic rings. The third-order valence-electron chi connectivity index (χ3n) is 3.36. The molecule has 0 spiro atoms. The van der Waals surface area contributed by atoms with Crippen LogP contribution in [0.3, 0.4) is 0 Å². The molecular weight excluding hydrogens is 312 g/mol. The quantitative estimate of drug-likeness (QED) is 0.825. The van der Waals surface area contributed by atoms with Gasteiger partial charge in [0.05, 0.1) is 5.69 Å². The largest absolute Gasteiger partial charge is 0.398 e. The van der Waals surface area contributed by atoms with Gasteiger partial charge in [0.25, 0.3) is 0 Å². The highest BCUT2D eigenvalue weighted by Gasteiger charge is 2.23. The summed E-state index contributed by atoms with van der Waals surface area (Å²) in [6, 6.07) is 3.50. The summed E-state index contributed by atoms with van der Waals surface area (Å²) in [6.07, 6.45) is 0. The zero-order chi connectivity index (χ0) is 14.8. The maximum absolute atomic E-state index is 12.5. The highest BCUT2D eigenvalue weighted by Crippen LogP contribution is 2.27. The third-order valence-corrected chi connectivity index (χ3v) is 7.83. The van der Waals surface area contributed by atoms with Gasteiger partial charge in [0, 0.05) is 29.1 Å². The van der Waals surface area contributed by atoms with Crippen molar-refractivity contribution in [3.05, 3.63) is 23.3 Å². The Morgan fingerprint density at radius 2 is 2.10 bits per heavy atom. The van der Waals surface area contributed by atoms with Gasteiger partial charge in [-0.3, -0.25) is 0 Å². The number of nitrogens with two attached hydrogens (primary N) is 1. The number of hydrogen-bond acceptors (Lipinski definition) is 5. The third kappa shape index (κ3) is 3.63. The predicted octanol–water partition coefficient (Wildman–Crippen LogP) is 2.01. The SMILES string of the molecule is Cc1ccc(N)c(S(=O)(=O)NCC2CSCCS2)c1C. The van der Waals surface area contributed by atoms with Crippen LogP contribution in [0.2, 0.25) is 0 Å². The second kappa shape index (κ2) is 6.60. The Kier molecular flexibility index (Phi) is 5.28. The Bertz CT molecular complexity index is 582. The van der Waals surface area contributed by atoms with Gasteiger partial charge in [0.2, 0.25) is 10.0 Å². The Labute approximate surface area is 129 Å². The van der Waals surface area contributed by atoms with Crippen LogP contribution < -0.4 is 10.5 Å². The lowest BCUT2D eigenvalue weighted by Gasteiger charge is -2.21. The van der Waals surface area contributed by atoms with E-state index < -0.39 is 10.0 Å². The van der Waals surface area contributed by atoms with Crippen molar-refractivity contribution in [2.24, 2.45) is 0 Å². The summed E-state index contributed by atoms with van der Waals surface area (Å²) in [7, 11) is -3.54. The second-order valence-electron chi connectivity index (χ2n) is 4.85. The summed E-state index contributed by atoms with van der Waals surface area (Å²) in [5.74, 6) is 3.23. The Morgan fingerprint density at radius 3 is 2.75 bits per heavy atom. The fraction of sp³-hybridized carbons (Fsp3) is 0.538. The van der Waals surface area contributed by atoms with E-state index in [0.717, 1.165) is 28.4 Å². The first kappa shape index (κ1) is 16.0. The molecule has 4 nitrogen and oxygen atoms in total. The van der Waals surface area contributed by atoms with Crippen molar-refractivity contribution in [3.63, 3.8) is 0 Å². The number of anilines is 1. The average molecular weight is 333 g/mol. The van der Waals surface area contributed by atoms with Crippen LogP contribution in [0.4, 0.5) is 5.69 Å². The van der Waals surface area contributed by atoms with Crippen LogP contribution in [0, 0.1) is 13.8 Å². The summed E-state index contributed by atoms with van der Waals surface area (Å²) >= 11 is 3.71. The van der Waals surface area contributed by atoms with E-state index in [4.69, 9.17) is 5.73 Å². The van der Waals surface area contributed by atoms with Crippen LogP contribution in [-0.2, 0) is 10.0 Å². The van der Waals surface area contributed by atoms with Crippen LogP contribution in [0.15, 0.2) is 17.0 Å². The van der Waals surface area contributed by atoms with Crippen molar-refractivity contribution in [1.29, 1.82) is 0 Å². The van der Waals surface area contributed by atoms with Crippen molar-refractivity contribution in [2.75, 3.05) is 29.5 Å². The van der Waals surface area contributed by atoms with Crippen LogP contribution in [0.5, 0.6) is 0 Å². The summed E-state index contributed by atoms with van der Waals surface area (Å²) in [4.78, 5) is 0.228. The fourth-order valence-electron chi connectivity index (χ4n) is 2.10. The Hall–Kier alpha value is -0.370. The molecule has 20 heavy (non-hydrogen) atoms. The molecule has 0 saturated carbocycles. The van der Waals surface area contributed by atoms with Crippen LogP contribution in [0.1, 0.15) is 11.1 Å². The average Bonchev–Trinajstić information content (AvgIpc) is 2.42. The molecule has 1 aliphatic heterocycles. The van der Waals surface area contributed by atoms with Gasteiger partial charge in [-0.2, -0.15) is 23.5 Å². The molecule has 0 bridgehead atoms. The van der Waals surface area contributed by atoms with E-state index >= 15 is 0 Å². The minimum atomic E-state index is -3.54. The number of hydrogen-bond donors (Lipinski definition) is 2. The van der Waals surface area contributed by atoms with E-state index in [2.05, 4.69) is 4.72 Å². The van der Waals surface area contributed by atoms with Crippen LogP contribution >= 0.6 is 23.5 Å². The number of aryl methyl sites for hydroxylation is 1. The molecule has 1 unspecified atom stereocenters. The zero-order valence-electron chi connectivity index (χ0n) is 11.7. The first-order valence-corrected chi connectivity index (χ1v) is 10.1. The monoisotopic (exact) mass is 332 g/mol. The molecule has 1 aliphatic rings. The lowest BCUT2D eigenvalue weighted by Crippen LogP contribution is -2.34. The highest BCUT2D eigenvalue weighted by atomic mass is 32.2. The van der Waals surface area contributed by atoms with E-state index in [1.54, 1.807) is 13.0 Å². The standard InChI is InChI=1S/C13H20N2O2S3/c1-9-3-4-12(14)13(10(9)2)20(16,17)15-7-11-8-18-5-6-19-11/h3-4,11,15H,5-8,14H2,1-2H3. The van der Waals surface area contributed by atoms with Gasteiger partial charge in [-0.15, -0.1) is 0 Å². The summed E-state index contributed by atoms with van der Waals surface area (Å²) in [5.41, 5.74) is 7.83. The topological polar surface area (TPSA) is 72.2 Å². The van der Waals surface area contributed by atoms with Crippen molar-refractivity contribution >= 4 is 39.2 Å². The highest BCUT2D eigenvalue weighted by molar-refractivity contribution is 8.06. The maximum Gasteiger partial charge on any atom is 0.242 e. The molecular formula is C13H20N2O2S3. The van der Waals surface area contributed by atoms with Crippen molar-refractivity contribution < 1.29 is 8.42 Å². The minimum absolute atomic E-state index is 0.228. The minimum Gasteiger partial charge on any atom is -0.398 e. The normalized spacial score (nSPS) is 20.0. The van der Waals surface area contributed by atoms with E-state index in [0.29, 0.717) is 17.5 Å². The number of nitrogens with one attached hydrogen (secondary N) is 1. The van der Waals surface area contributed by atoms with E-state index in [1.807, 2.05) is 36.5 Å². The molecule has 1 atom stereocenters. The number of rotatable bonds is 4. The molecule has 2 rings (SSSR count).